The van der Waals surface area contributed by atoms with Gasteiger partial charge in [-0.1, -0.05) is 12.1 Å². The molecule has 7 nitrogen and oxygen atoms in total. The molecule has 0 spiro atoms. The van der Waals surface area contributed by atoms with Crippen LogP contribution in [0.1, 0.15) is 36.0 Å². The number of rotatable bonds is 6. The smallest absolute Gasteiger partial charge is 0.309 e. The molecule has 0 fully saturated rings. The molecule has 8 heteroatoms. The summed E-state index contributed by atoms with van der Waals surface area (Å²) >= 11 is 0. The van der Waals surface area contributed by atoms with E-state index in [1.165, 1.54) is 12.3 Å². The molecule has 1 aromatic heterocycles. The minimum Gasteiger partial charge on any atom is -0.468 e. The van der Waals surface area contributed by atoms with Crippen LogP contribution in [0.5, 0.6) is 0 Å². The maximum Gasteiger partial charge on any atom is 0.309 e. The Morgan fingerprint density at radius 1 is 1.11 bits per heavy atom. The Labute approximate surface area is 159 Å². The van der Waals surface area contributed by atoms with Crippen molar-refractivity contribution in [2.75, 3.05) is 6.54 Å². The zero-order valence-electron chi connectivity index (χ0n) is 15.8. The largest absolute Gasteiger partial charge is 0.468 e. The molecule has 0 unspecified atom stereocenters. The first kappa shape index (κ1) is 20.7. The third-order valence-electron chi connectivity index (χ3n) is 3.96. The summed E-state index contributed by atoms with van der Waals surface area (Å²) in [6.45, 7) is 6.68. The van der Waals surface area contributed by atoms with Crippen LogP contribution in [-0.4, -0.2) is 32.8 Å². The van der Waals surface area contributed by atoms with E-state index < -0.39 is 26.9 Å². The molecule has 1 atom stereocenters. The third kappa shape index (κ3) is 4.97. The second-order valence-electron chi connectivity index (χ2n) is 6.66. The second kappa shape index (κ2) is 8.39. The Bertz CT molecular complexity index is 918. The van der Waals surface area contributed by atoms with Crippen LogP contribution in [0.25, 0.3) is 0 Å². The summed E-state index contributed by atoms with van der Waals surface area (Å²) in [5.74, 6) is -1.51. The number of sulfone groups is 1. The van der Waals surface area contributed by atoms with Crippen LogP contribution in [0.4, 0.5) is 0 Å². The van der Waals surface area contributed by atoms with Crippen molar-refractivity contribution in [2.45, 2.75) is 43.9 Å². The maximum atomic E-state index is 13.3. The molecule has 0 radical (unpaired) electrons. The Kier molecular flexibility index (Phi) is 6.43. The van der Waals surface area contributed by atoms with E-state index in [0.29, 0.717) is 5.56 Å². The molecular formula is C19H24N2O5S. The fourth-order valence-corrected chi connectivity index (χ4v) is 4.51. The number of carbonyl (C=O) groups is 2. The Morgan fingerprint density at radius 3 is 2.41 bits per heavy atom. The van der Waals surface area contributed by atoms with E-state index in [2.05, 4.69) is 10.6 Å². The molecule has 2 aromatic rings. The number of furan rings is 1. The van der Waals surface area contributed by atoms with Crippen LogP contribution in [0, 0.1) is 13.8 Å². The fraction of sp³-hybridized carbons (Fsp3) is 0.368. The summed E-state index contributed by atoms with van der Waals surface area (Å²) in [7, 11) is -3.86. The van der Waals surface area contributed by atoms with E-state index in [4.69, 9.17) is 4.42 Å². The van der Waals surface area contributed by atoms with Gasteiger partial charge < -0.3 is 15.1 Å². The molecule has 2 rings (SSSR count). The monoisotopic (exact) mass is 392 g/mol. The Balaban J connectivity index is 2.32. The number of nitrogens with one attached hydrogen (secondary N) is 2. The van der Waals surface area contributed by atoms with Crippen LogP contribution in [0.2, 0.25) is 0 Å². The van der Waals surface area contributed by atoms with Gasteiger partial charge in [-0.05, 0) is 57.0 Å². The first-order valence-corrected chi connectivity index (χ1v) is 10.1. The van der Waals surface area contributed by atoms with E-state index in [-0.39, 0.29) is 23.2 Å². The van der Waals surface area contributed by atoms with Crippen LogP contribution < -0.4 is 10.6 Å². The van der Waals surface area contributed by atoms with Gasteiger partial charge in [0.1, 0.15) is 11.0 Å². The average molecular weight is 392 g/mol. The number of hydrogen-bond acceptors (Lipinski definition) is 5. The highest BCUT2D eigenvalue weighted by atomic mass is 32.2. The second-order valence-corrected chi connectivity index (χ2v) is 8.76. The topological polar surface area (TPSA) is 105 Å². The Hall–Kier alpha value is -2.61. The van der Waals surface area contributed by atoms with Crippen molar-refractivity contribution in [1.82, 2.24) is 10.6 Å². The number of aryl methyl sites for hydroxylation is 2. The van der Waals surface area contributed by atoms with Crippen molar-refractivity contribution >= 4 is 21.7 Å². The Morgan fingerprint density at radius 2 is 1.81 bits per heavy atom. The lowest BCUT2D eigenvalue weighted by Gasteiger charge is -2.18. The number of amides is 2. The van der Waals surface area contributed by atoms with E-state index >= 15 is 0 Å². The lowest BCUT2D eigenvalue weighted by Crippen LogP contribution is -2.44. The summed E-state index contributed by atoms with van der Waals surface area (Å²) in [4.78, 5) is 23.9. The average Bonchev–Trinajstić information content (AvgIpc) is 3.10. The lowest BCUT2D eigenvalue weighted by molar-refractivity contribution is -0.139. The molecule has 2 amide bonds. The van der Waals surface area contributed by atoms with Crippen LogP contribution in [-0.2, 0) is 19.4 Å². The SMILES string of the molecule is Cc1ccc(C)c(S(=O)(=O)[C@H](CNC(=O)C(=O)NC(C)C)c2ccco2)c1. The standard InChI is InChI=1S/C19H24N2O5S/c1-12(2)21-19(23)18(22)20-11-17(15-6-5-9-26-15)27(24,25)16-10-13(3)7-8-14(16)4/h5-10,12,17H,11H2,1-4H3,(H,20,22)(H,21,23)/t17-/m1/s1. The summed E-state index contributed by atoms with van der Waals surface area (Å²) < 4.78 is 31.8. The lowest BCUT2D eigenvalue weighted by atomic mass is 10.2. The molecule has 0 bridgehead atoms. The fourth-order valence-electron chi connectivity index (χ4n) is 2.60. The summed E-state index contributed by atoms with van der Waals surface area (Å²) in [6, 6.07) is 8.06. The molecule has 1 heterocycles. The normalized spacial score (nSPS) is 12.6. The van der Waals surface area contributed by atoms with Gasteiger partial charge in [-0.3, -0.25) is 9.59 Å². The predicted octanol–water partition coefficient (Wildman–Crippen LogP) is 2.05. The van der Waals surface area contributed by atoms with Gasteiger partial charge in [-0.2, -0.15) is 0 Å². The first-order chi connectivity index (χ1) is 12.6. The molecule has 1 aromatic carbocycles. The summed E-state index contributed by atoms with van der Waals surface area (Å²) in [6.07, 6.45) is 1.37. The van der Waals surface area contributed by atoms with Gasteiger partial charge in [0.25, 0.3) is 0 Å². The zero-order chi connectivity index (χ0) is 20.2. The molecule has 146 valence electrons. The maximum absolute atomic E-state index is 13.3. The van der Waals surface area contributed by atoms with Gasteiger partial charge in [-0.15, -0.1) is 0 Å². The zero-order valence-corrected chi connectivity index (χ0v) is 16.6. The highest BCUT2D eigenvalue weighted by molar-refractivity contribution is 7.91. The molecular weight excluding hydrogens is 368 g/mol. The first-order valence-electron chi connectivity index (χ1n) is 8.56. The van der Waals surface area contributed by atoms with Gasteiger partial charge in [-0.25, -0.2) is 8.42 Å². The van der Waals surface area contributed by atoms with Crippen LogP contribution in [0.15, 0.2) is 45.9 Å². The van der Waals surface area contributed by atoms with E-state index in [1.54, 1.807) is 45.9 Å². The highest BCUT2D eigenvalue weighted by Crippen LogP contribution is 2.31. The molecule has 0 saturated carbocycles. The minimum atomic E-state index is -3.86. The number of benzene rings is 1. The van der Waals surface area contributed by atoms with E-state index in [1.807, 2.05) is 6.07 Å². The van der Waals surface area contributed by atoms with Crippen molar-refractivity contribution in [3.8, 4) is 0 Å². The van der Waals surface area contributed by atoms with Gasteiger partial charge in [0.2, 0.25) is 0 Å². The summed E-state index contributed by atoms with van der Waals surface area (Å²) in [5.41, 5.74) is 1.40. The quantitative estimate of drug-likeness (QED) is 0.732. The van der Waals surface area contributed by atoms with Gasteiger partial charge in [0, 0.05) is 12.6 Å². The van der Waals surface area contributed by atoms with Crippen molar-refractivity contribution in [3.05, 3.63) is 53.5 Å². The molecule has 0 aliphatic carbocycles. The molecule has 0 aliphatic heterocycles. The van der Waals surface area contributed by atoms with E-state index in [0.717, 1.165) is 5.56 Å². The van der Waals surface area contributed by atoms with E-state index in [9.17, 15) is 18.0 Å². The number of hydrogen-bond donors (Lipinski definition) is 2. The van der Waals surface area contributed by atoms with Crippen LogP contribution in [0.3, 0.4) is 0 Å². The van der Waals surface area contributed by atoms with Crippen molar-refractivity contribution in [2.24, 2.45) is 0 Å². The summed E-state index contributed by atoms with van der Waals surface area (Å²) in [5, 5.41) is 3.71. The van der Waals surface area contributed by atoms with Gasteiger partial charge in [0.05, 0.1) is 11.2 Å². The molecule has 27 heavy (non-hydrogen) atoms. The molecule has 0 aliphatic rings. The van der Waals surface area contributed by atoms with Crippen molar-refractivity contribution in [1.29, 1.82) is 0 Å². The predicted molar refractivity (Wildman–Crippen MR) is 101 cm³/mol. The van der Waals surface area contributed by atoms with Gasteiger partial charge >= 0.3 is 11.8 Å². The van der Waals surface area contributed by atoms with Crippen LogP contribution >= 0.6 is 0 Å². The number of carbonyl (C=O) groups excluding carboxylic acids is 2. The molecule has 0 saturated heterocycles. The molecule has 2 N–H and O–H groups in total. The van der Waals surface area contributed by atoms with Gasteiger partial charge in [0.15, 0.2) is 9.84 Å². The van der Waals surface area contributed by atoms with Crippen molar-refractivity contribution < 1.29 is 22.4 Å². The highest BCUT2D eigenvalue weighted by Gasteiger charge is 2.33. The minimum absolute atomic E-state index is 0.171. The third-order valence-corrected chi connectivity index (χ3v) is 6.16. The van der Waals surface area contributed by atoms with Crippen molar-refractivity contribution in [3.63, 3.8) is 0 Å².